The van der Waals surface area contributed by atoms with Gasteiger partial charge in [0.1, 0.15) is 0 Å². The number of pyridine rings is 1. The van der Waals surface area contributed by atoms with Gasteiger partial charge in [0.25, 0.3) is 0 Å². The maximum Gasteiger partial charge on any atom is 0.0992 e. The molecule has 0 saturated heterocycles. The van der Waals surface area contributed by atoms with Crippen molar-refractivity contribution in [2.45, 2.75) is 19.4 Å². The summed E-state index contributed by atoms with van der Waals surface area (Å²) in [5.41, 5.74) is 4.47. The molecular formula is C19H16N4. The van der Waals surface area contributed by atoms with Crippen molar-refractivity contribution in [1.82, 2.24) is 14.8 Å². The van der Waals surface area contributed by atoms with Crippen molar-refractivity contribution in [3.8, 4) is 28.6 Å². The molecule has 0 amide bonds. The first-order chi connectivity index (χ1) is 11.3. The standard InChI is InChI=1S/C19H16N4/c20-12-15-6-8-21-19(10-15)17-3-1-2-16(11-17)18-7-9-23(22-18)13-14-4-5-14/h1-3,6-11,14H,4-5,13H2. The van der Waals surface area contributed by atoms with E-state index in [1.54, 1.807) is 12.3 Å². The van der Waals surface area contributed by atoms with Gasteiger partial charge < -0.3 is 0 Å². The number of nitriles is 1. The van der Waals surface area contributed by atoms with Crippen LogP contribution in [0, 0.1) is 17.2 Å². The van der Waals surface area contributed by atoms with E-state index in [9.17, 15) is 0 Å². The van der Waals surface area contributed by atoms with Crippen LogP contribution >= 0.6 is 0 Å². The Morgan fingerprint density at radius 3 is 2.70 bits per heavy atom. The summed E-state index contributed by atoms with van der Waals surface area (Å²) in [6, 6.07) is 15.9. The molecule has 1 aliphatic rings. The Hall–Kier alpha value is -2.93. The Kier molecular flexibility index (Phi) is 3.39. The number of nitrogens with zero attached hydrogens (tertiary/aromatic N) is 4. The average Bonchev–Trinajstić information content (AvgIpc) is 3.30. The quantitative estimate of drug-likeness (QED) is 0.734. The van der Waals surface area contributed by atoms with Crippen molar-refractivity contribution in [3.05, 3.63) is 60.4 Å². The molecule has 112 valence electrons. The minimum atomic E-state index is 0.620. The van der Waals surface area contributed by atoms with E-state index < -0.39 is 0 Å². The number of hydrogen-bond acceptors (Lipinski definition) is 3. The first-order valence-electron chi connectivity index (χ1n) is 7.82. The smallest absolute Gasteiger partial charge is 0.0992 e. The van der Waals surface area contributed by atoms with Crippen molar-refractivity contribution in [3.63, 3.8) is 0 Å². The Bertz CT molecular complexity index is 884. The molecule has 1 fully saturated rings. The van der Waals surface area contributed by atoms with E-state index in [2.05, 4.69) is 40.5 Å². The van der Waals surface area contributed by atoms with Gasteiger partial charge >= 0.3 is 0 Å². The summed E-state index contributed by atoms with van der Waals surface area (Å²) in [5.74, 6) is 0.812. The summed E-state index contributed by atoms with van der Waals surface area (Å²) >= 11 is 0. The highest BCUT2D eigenvalue weighted by molar-refractivity contribution is 5.69. The molecule has 0 spiro atoms. The van der Waals surface area contributed by atoms with Crippen LogP contribution in [0.3, 0.4) is 0 Å². The molecule has 0 bridgehead atoms. The highest BCUT2D eigenvalue weighted by atomic mass is 15.3. The van der Waals surface area contributed by atoms with Crippen LogP contribution in [0.25, 0.3) is 22.5 Å². The van der Waals surface area contributed by atoms with E-state index in [1.807, 2.05) is 22.9 Å². The molecule has 0 unspecified atom stereocenters. The molecule has 0 atom stereocenters. The Morgan fingerprint density at radius 2 is 1.91 bits per heavy atom. The zero-order valence-corrected chi connectivity index (χ0v) is 12.7. The lowest BCUT2D eigenvalue weighted by Gasteiger charge is -2.04. The molecule has 2 aromatic heterocycles. The summed E-state index contributed by atoms with van der Waals surface area (Å²) < 4.78 is 2.04. The van der Waals surface area contributed by atoms with Gasteiger partial charge in [0.05, 0.1) is 23.0 Å². The molecule has 2 heterocycles. The SMILES string of the molecule is N#Cc1ccnc(-c2cccc(-c3ccn(CC4CC4)n3)c2)c1. The Labute approximate surface area is 135 Å². The fourth-order valence-electron chi connectivity index (χ4n) is 2.68. The average molecular weight is 300 g/mol. The molecule has 0 aliphatic heterocycles. The van der Waals surface area contributed by atoms with Gasteiger partial charge in [-0.05, 0) is 43.0 Å². The second-order valence-corrected chi connectivity index (χ2v) is 5.99. The highest BCUT2D eigenvalue weighted by Crippen LogP contribution is 2.31. The molecule has 4 heteroatoms. The van der Waals surface area contributed by atoms with Crippen LogP contribution in [0.5, 0.6) is 0 Å². The van der Waals surface area contributed by atoms with Gasteiger partial charge in [-0.25, -0.2) is 0 Å². The van der Waals surface area contributed by atoms with Crippen LogP contribution in [-0.2, 0) is 6.54 Å². The normalized spacial score (nSPS) is 13.7. The largest absolute Gasteiger partial charge is 0.272 e. The molecule has 4 nitrogen and oxygen atoms in total. The van der Waals surface area contributed by atoms with Crippen molar-refractivity contribution in [2.24, 2.45) is 5.92 Å². The zero-order chi connectivity index (χ0) is 15.6. The predicted octanol–water partition coefficient (Wildman–Crippen LogP) is 3.89. The van der Waals surface area contributed by atoms with Crippen LogP contribution in [0.2, 0.25) is 0 Å². The van der Waals surface area contributed by atoms with Crippen LogP contribution in [0.1, 0.15) is 18.4 Å². The Morgan fingerprint density at radius 1 is 1.09 bits per heavy atom. The number of rotatable bonds is 4. The molecule has 0 N–H and O–H groups in total. The van der Waals surface area contributed by atoms with E-state index in [0.717, 1.165) is 35.0 Å². The second kappa shape index (κ2) is 5.69. The van der Waals surface area contributed by atoms with Crippen molar-refractivity contribution >= 4 is 0 Å². The van der Waals surface area contributed by atoms with Gasteiger partial charge in [-0.3, -0.25) is 9.67 Å². The topological polar surface area (TPSA) is 54.5 Å². The summed E-state index contributed by atoms with van der Waals surface area (Å²) in [6.45, 7) is 1.02. The van der Waals surface area contributed by atoms with Gasteiger partial charge in [-0.1, -0.05) is 18.2 Å². The van der Waals surface area contributed by atoms with Crippen molar-refractivity contribution < 1.29 is 0 Å². The molecule has 1 saturated carbocycles. The van der Waals surface area contributed by atoms with Crippen LogP contribution < -0.4 is 0 Å². The molecule has 1 aliphatic carbocycles. The summed E-state index contributed by atoms with van der Waals surface area (Å²) in [4.78, 5) is 4.37. The lowest BCUT2D eigenvalue weighted by atomic mass is 10.0. The first kappa shape index (κ1) is 13.7. The molecule has 23 heavy (non-hydrogen) atoms. The summed E-state index contributed by atoms with van der Waals surface area (Å²) in [5, 5.41) is 13.7. The van der Waals surface area contributed by atoms with Gasteiger partial charge in [0.2, 0.25) is 0 Å². The van der Waals surface area contributed by atoms with Crippen molar-refractivity contribution in [2.75, 3.05) is 0 Å². The third kappa shape index (κ3) is 3.00. The molecule has 0 radical (unpaired) electrons. The van der Waals surface area contributed by atoms with E-state index in [4.69, 9.17) is 5.26 Å². The maximum atomic E-state index is 9.03. The number of hydrogen-bond donors (Lipinski definition) is 0. The Balaban J connectivity index is 1.65. The van der Waals surface area contributed by atoms with Crippen LogP contribution in [0.4, 0.5) is 0 Å². The lowest BCUT2D eigenvalue weighted by molar-refractivity contribution is 0.564. The van der Waals surface area contributed by atoms with Gasteiger partial charge in [0, 0.05) is 30.1 Å². The molecule has 3 aromatic rings. The van der Waals surface area contributed by atoms with Crippen molar-refractivity contribution in [1.29, 1.82) is 5.26 Å². The molecule has 1 aromatic carbocycles. The van der Waals surface area contributed by atoms with Crippen LogP contribution in [0.15, 0.2) is 54.9 Å². The molecule has 4 rings (SSSR count). The van der Waals surface area contributed by atoms with Crippen LogP contribution in [-0.4, -0.2) is 14.8 Å². The number of aromatic nitrogens is 3. The fourth-order valence-corrected chi connectivity index (χ4v) is 2.68. The second-order valence-electron chi connectivity index (χ2n) is 5.99. The zero-order valence-electron chi connectivity index (χ0n) is 12.7. The molecular weight excluding hydrogens is 284 g/mol. The third-order valence-corrected chi connectivity index (χ3v) is 4.13. The van der Waals surface area contributed by atoms with E-state index in [-0.39, 0.29) is 0 Å². The van der Waals surface area contributed by atoms with E-state index >= 15 is 0 Å². The monoisotopic (exact) mass is 300 g/mol. The van der Waals surface area contributed by atoms with E-state index in [1.165, 1.54) is 12.8 Å². The summed E-state index contributed by atoms with van der Waals surface area (Å²) in [6.07, 6.45) is 6.37. The maximum absolute atomic E-state index is 9.03. The first-order valence-corrected chi connectivity index (χ1v) is 7.82. The fraction of sp³-hybridized carbons (Fsp3) is 0.211. The minimum absolute atomic E-state index is 0.620. The number of benzene rings is 1. The minimum Gasteiger partial charge on any atom is -0.272 e. The van der Waals surface area contributed by atoms with Gasteiger partial charge in [0.15, 0.2) is 0 Å². The van der Waals surface area contributed by atoms with E-state index in [0.29, 0.717) is 5.56 Å². The summed E-state index contributed by atoms with van der Waals surface area (Å²) in [7, 11) is 0. The van der Waals surface area contributed by atoms with Gasteiger partial charge in [-0.2, -0.15) is 10.4 Å². The third-order valence-electron chi connectivity index (χ3n) is 4.13. The lowest BCUT2D eigenvalue weighted by Crippen LogP contribution is -2.00. The highest BCUT2D eigenvalue weighted by Gasteiger charge is 2.22. The van der Waals surface area contributed by atoms with Gasteiger partial charge in [-0.15, -0.1) is 0 Å². The predicted molar refractivity (Wildman–Crippen MR) is 88.3 cm³/mol.